The van der Waals surface area contributed by atoms with Crippen LogP contribution in [0.3, 0.4) is 0 Å². The number of hydrogen-bond donors (Lipinski definition) is 1. The summed E-state index contributed by atoms with van der Waals surface area (Å²) in [5.41, 5.74) is 6.21. The molecule has 140 valence electrons. The topological polar surface area (TPSA) is 41.5 Å². The van der Waals surface area contributed by atoms with Crippen LogP contribution in [0.5, 0.6) is 0 Å². The molecule has 0 atom stereocenters. The summed E-state index contributed by atoms with van der Waals surface area (Å²) in [6.45, 7) is 8.63. The van der Waals surface area contributed by atoms with Gasteiger partial charge in [0, 0.05) is 0 Å². The summed E-state index contributed by atoms with van der Waals surface area (Å²) in [6.07, 6.45) is 7.32. The minimum atomic E-state index is -0.130. The summed E-state index contributed by atoms with van der Waals surface area (Å²) in [4.78, 5) is 13.0. The van der Waals surface area contributed by atoms with Crippen LogP contribution < -0.4 is 5.43 Å². The highest BCUT2D eigenvalue weighted by atomic mass is 16.2. The standard InChI is InChI=1S/C23H32N2O/c1-15(19-5-7-20(8-6-19)22(2,3)4)24-25-21(26)23-12-16-9-17(13-23)11-18(10-16)14-23/h5-8,16-18H,9-14H2,1-4H3,(H,25,26)/b24-15+. The normalized spacial score (nSPS) is 33.4. The van der Waals surface area contributed by atoms with E-state index < -0.39 is 0 Å². The van der Waals surface area contributed by atoms with Crippen LogP contribution in [0.4, 0.5) is 0 Å². The van der Waals surface area contributed by atoms with E-state index in [0.717, 1.165) is 48.3 Å². The van der Waals surface area contributed by atoms with E-state index in [2.05, 4.69) is 55.6 Å². The molecule has 4 aliphatic rings. The van der Waals surface area contributed by atoms with Crippen LogP contribution in [0.25, 0.3) is 0 Å². The summed E-state index contributed by atoms with van der Waals surface area (Å²) >= 11 is 0. The number of hydrazone groups is 1. The van der Waals surface area contributed by atoms with E-state index in [9.17, 15) is 4.79 Å². The zero-order valence-corrected chi connectivity index (χ0v) is 16.6. The molecule has 0 spiro atoms. The third-order valence-electron chi connectivity index (χ3n) is 7.01. The molecule has 3 heteroatoms. The Balaban J connectivity index is 1.45. The highest BCUT2D eigenvalue weighted by Crippen LogP contribution is 2.60. The number of nitrogens with one attached hydrogen (secondary N) is 1. The minimum Gasteiger partial charge on any atom is -0.273 e. The zero-order valence-electron chi connectivity index (χ0n) is 16.6. The van der Waals surface area contributed by atoms with Gasteiger partial charge in [0.05, 0.1) is 11.1 Å². The second-order valence-corrected chi connectivity index (χ2v) is 10.2. The van der Waals surface area contributed by atoms with Crippen molar-refractivity contribution in [3.05, 3.63) is 35.4 Å². The average molecular weight is 353 g/mol. The molecular formula is C23H32N2O. The molecule has 0 aromatic heterocycles. The first-order valence-electron chi connectivity index (χ1n) is 10.2. The van der Waals surface area contributed by atoms with Crippen LogP contribution in [0.15, 0.2) is 29.4 Å². The zero-order chi connectivity index (χ0) is 18.5. The van der Waals surface area contributed by atoms with Gasteiger partial charge in [-0.1, -0.05) is 45.0 Å². The molecule has 3 nitrogen and oxygen atoms in total. The van der Waals surface area contributed by atoms with Crippen LogP contribution in [0.2, 0.25) is 0 Å². The fourth-order valence-corrected chi connectivity index (χ4v) is 5.92. The lowest BCUT2D eigenvalue weighted by atomic mass is 9.49. The molecule has 4 fully saturated rings. The third-order valence-corrected chi connectivity index (χ3v) is 7.01. The van der Waals surface area contributed by atoms with Gasteiger partial charge in [0.2, 0.25) is 5.91 Å². The Kier molecular flexibility index (Phi) is 4.24. The van der Waals surface area contributed by atoms with Gasteiger partial charge in [-0.05, 0) is 79.7 Å². The van der Waals surface area contributed by atoms with Gasteiger partial charge in [0.1, 0.15) is 0 Å². The van der Waals surface area contributed by atoms with Crippen molar-refractivity contribution in [3.8, 4) is 0 Å². The van der Waals surface area contributed by atoms with Crippen molar-refractivity contribution in [3.63, 3.8) is 0 Å². The summed E-state index contributed by atoms with van der Waals surface area (Å²) < 4.78 is 0. The van der Waals surface area contributed by atoms with Crippen LogP contribution in [-0.4, -0.2) is 11.6 Å². The molecule has 0 heterocycles. The molecule has 0 saturated heterocycles. The monoisotopic (exact) mass is 352 g/mol. The maximum Gasteiger partial charge on any atom is 0.246 e. The lowest BCUT2D eigenvalue weighted by Gasteiger charge is -2.55. The Morgan fingerprint density at radius 1 is 1.00 bits per heavy atom. The maximum atomic E-state index is 13.0. The maximum absolute atomic E-state index is 13.0. The van der Waals surface area contributed by atoms with Crippen molar-refractivity contribution in [2.45, 2.75) is 71.6 Å². The molecule has 4 bridgehead atoms. The molecule has 0 aliphatic heterocycles. The quantitative estimate of drug-likeness (QED) is 0.601. The minimum absolute atomic E-state index is 0.130. The fourth-order valence-electron chi connectivity index (χ4n) is 5.92. The second-order valence-electron chi connectivity index (χ2n) is 10.2. The average Bonchev–Trinajstić information content (AvgIpc) is 2.57. The number of carbonyl (C=O) groups is 1. The lowest BCUT2D eigenvalue weighted by molar-refractivity contribution is -0.146. The predicted octanol–water partition coefficient (Wildman–Crippen LogP) is 5.04. The molecule has 1 amide bonds. The highest BCUT2D eigenvalue weighted by molar-refractivity contribution is 5.99. The van der Waals surface area contributed by atoms with Gasteiger partial charge >= 0.3 is 0 Å². The van der Waals surface area contributed by atoms with Crippen molar-refractivity contribution in [1.29, 1.82) is 0 Å². The largest absolute Gasteiger partial charge is 0.273 e. The number of carbonyl (C=O) groups excluding carboxylic acids is 1. The molecule has 1 aromatic rings. The van der Waals surface area contributed by atoms with Gasteiger partial charge in [-0.3, -0.25) is 4.79 Å². The van der Waals surface area contributed by atoms with E-state index in [0.29, 0.717) is 0 Å². The predicted molar refractivity (Wildman–Crippen MR) is 106 cm³/mol. The Bertz CT molecular complexity index is 688. The lowest BCUT2D eigenvalue weighted by Crippen LogP contribution is -2.52. The molecular weight excluding hydrogens is 320 g/mol. The number of amides is 1. The number of nitrogens with zero attached hydrogens (tertiary/aromatic N) is 1. The molecule has 5 rings (SSSR count). The smallest absolute Gasteiger partial charge is 0.246 e. The number of benzene rings is 1. The summed E-state index contributed by atoms with van der Waals surface area (Å²) in [7, 11) is 0. The molecule has 4 aliphatic carbocycles. The first-order chi connectivity index (χ1) is 12.2. The SMILES string of the molecule is C/C(=N\NC(=O)C12CC3CC(CC(C3)C1)C2)c1ccc(C(C)(C)C)cc1. The Hall–Kier alpha value is -1.64. The van der Waals surface area contributed by atoms with Gasteiger partial charge in [0.25, 0.3) is 0 Å². The van der Waals surface area contributed by atoms with Gasteiger partial charge < -0.3 is 0 Å². The Morgan fingerprint density at radius 2 is 1.50 bits per heavy atom. The van der Waals surface area contributed by atoms with Crippen molar-refractivity contribution < 1.29 is 4.79 Å². The fraction of sp³-hybridized carbons (Fsp3) is 0.652. The van der Waals surface area contributed by atoms with E-state index >= 15 is 0 Å². The van der Waals surface area contributed by atoms with Crippen molar-refractivity contribution in [2.24, 2.45) is 28.3 Å². The van der Waals surface area contributed by atoms with E-state index in [4.69, 9.17) is 0 Å². The Labute approximate surface area is 157 Å². The molecule has 26 heavy (non-hydrogen) atoms. The van der Waals surface area contributed by atoms with Crippen molar-refractivity contribution >= 4 is 11.6 Å². The van der Waals surface area contributed by atoms with E-state index in [1.54, 1.807) is 0 Å². The van der Waals surface area contributed by atoms with Crippen molar-refractivity contribution in [1.82, 2.24) is 5.43 Å². The van der Waals surface area contributed by atoms with Gasteiger partial charge in [0.15, 0.2) is 0 Å². The molecule has 1 N–H and O–H groups in total. The molecule has 1 aromatic carbocycles. The van der Waals surface area contributed by atoms with Gasteiger partial charge in [-0.2, -0.15) is 5.10 Å². The first-order valence-corrected chi connectivity index (χ1v) is 10.2. The van der Waals surface area contributed by atoms with Gasteiger partial charge in [-0.25, -0.2) is 5.43 Å². The highest BCUT2D eigenvalue weighted by Gasteiger charge is 2.54. The van der Waals surface area contributed by atoms with Crippen LogP contribution in [0, 0.1) is 23.2 Å². The third kappa shape index (κ3) is 3.21. The number of rotatable bonds is 3. The second kappa shape index (κ2) is 6.21. The summed E-state index contributed by atoms with van der Waals surface area (Å²) in [6, 6.07) is 8.54. The van der Waals surface area contributed by atoms with Crippen molar-refractivity contribution in [2.75, 3.05) is 0 Å². The number of hydrogen-bond acceptors (Lipinski definition) is 2. The van der Waals surface area contributed by atoms with E-state index in [1.807, 2.05) is 6.92 Å². The summed E-state index contributed by atoms with van der Waals surface area (Å²) in [5.74, 6) is 2.51. The molecule has 0 unspecified atom stereocenters. The van der Waals surface area contributed by atoms with Gasteiger partial charge in [-0.15, -0.1) is 0 Å². The van der Waals surface area contributed by atoms with Crippen LogP contribution >= 0.6 is 0 Å². The van der Waals surface area contributed by atoms with Crippen LogP contribution in [-0.2, 0) is 10.2 Å². The molecule has 0 radical (unpaired) electrons. The first kappa shape index (κ1) is 17.8. The Morgan fingerprint density at radius 3 is 1.96 bits per heavy atom. The summed E-state index contributed by atoms with van der Waals surface area (Å²) in [5, 5.41) is 4.46. The van der Waals surface area contributed by atoms with E-state index in [1.165, 1.54) is 24.8 Å². The molecule has 4 saturated carbocycles. The van der Waals surface area contributed by atoms with E-state index in [-0.39, 0.29) is 16.7 Å². The van der Waals surface area contributed by atoms with Crippen LogP contribution in [0.1, 0.15) is 77.3 Å².